The van der Waals surface area contributed by atoms with E-state index in [0.717, 1.165) is 171 Å². The highest BCUT2D eigenvalue weighted by Gasteiger charge is 2.37. The zero-order valence-corrected chi connectivity index (χ0v) is 61.1. The molecule has 0 radical (unpaired) electrons. The Bertz CT molecular complexity index is 4760. The number of hydrogen-bond donors (Lipinski definition) is 6. The molecule has 1 unspecified atom stereocenters. The molecule has 5 aliphatic carbocycles. The first kappa shape index (κ1) is 72.1. The van der Waals surface area contributed by atoms with Crippen LogP contribution in [0.2, 0.25) is 0 Å². The number of methoxy groups -OCH3 is 1. The second-order valence-electron chi connectivity index (χ2n) is 30.2. The Hall–Kier alpha value is -9.44. The highest BCUT2D eigenvalue weighted by molar-refractivity contribution is 5.84. The molecule has 11 aromatic rings. The first-order chi connectivity index (χ1) is 51.4. The summed E-state index contributed by atoms with van der Waals surface area (Å²) in [6.07, 6.45) is 30.7. The summed E-state index contributed by atoms with van der Waals surface area (Å²) in [6.45, 7) is 8.07. The zero-order chi connectivity index (χ0) is 73.2. The van der Waals surface area contributed by atoms with Crippen LogP contribution in [0.25, 0.3) is 49.9 Å². The number of aryl methyl sites for hydroxylation is 1. The van der Waals surface area contributed by atoms with Gasteiger partial charge in [-0.3, -0.25) is 9.36 Å². The summed E-state index contributed by atoms with van der Waals surface area (Å²) < 4.78 is 62.4. The van der Waals surface area contributed by atoms with Crippen molar-refractivity contribution in [3.63, 3.8) is 0 Å². The minimum absolute atomic E-state index is 0.0340. The quantitative estimate of drug-likeness (QED) is 0.0414. The van der Waals surface area contributed by atoms with Gasteiger partial charge in [-0.2, -0.15) is 23.4 Å². The van der Waals surface area contributed by atoms with Crippen LogP contribution in [0.4, 0.5) is 36.8 Å². The summed E-state index contributed by atoms with van der Waals surface area (Å²) in [6, 6.07) is 22.3. The minimum atomic E-state index is -4.39. The van der Waals surface area contributed by atoms with Gasteiger partial charge in [0, 0.05) is 120 Å². The number of benzene rings is 1. The molecular formula is C79H98F3N19O5. The number of para-hydroxylation sites is 1. The fourth-order valence-electron chi connectivity index (χ4n) is 15.9. The molecule has 6 aliphatic rings. The van der Waals surface area contributed by atoms with Gasteiger partial charge in [0.2, 0.25) is 17.8 Å². The van der Waals surface area contributed by atoms with Gasteiger partial charge in [-0.15, -0.1) is 15.3 Å². The van der Waals surface area contributed by atoms with Crippen LogP contribution in [0.5, 0.6) is 5.75 Å². The number of rotatable bonds is 20. The summed E-state index contributed by atoms with van der Waals surface area (Å²) in [5.74, 6) is 3.82. The van der Waals surface area contributed by atoms with Crippen LogP contribution in [0.15, 0.2) is 123 Å². The van der Waals surface area contributed by atoms with Crippen molar-refractivity contribution in [2.45, 2.75) is 222 Å². The maximum absolute atomic E-state index is 13.0. The lowest BCUT2D eigenvalue weighted by molar-refractivity contribution is -0.138. The Balaban J connectivity index is 0.000000128. The van der Waals surface area contributed by atoms with E-state index in [2.05, 4.69) is 139 Å². The third-order valence-corrected chi connectivity index (χ3v) is 22.6. The summed E-state index contributed by atoms with van der Waals surface area (Å²) in [5.41, 5.74) is 15.1. The van der Waals surface area contributed by atoms with Gasteiger partial charge in [-0.05, 0) is 202 Å². The minimum Gasteiger partial charge on any atom is -0.491 e. The predicted octanol–water partition coefficient (Wildman–Crippen LogP) is 14.1. The molecule has 17 rings (SSSR count). The third-order valence-electron chi connectivity index (χ3n) is 22.6. The number of ether oxygens (including phenoxy) is 2. The molecule has 560 valence electrons. The molecule has 0 saturated heterocycles. The number of fused-ring (bicyclic) bond motifs is 4. The third kappa shape index (κ3) is 16.0. The number of alkyl halides is 3. The van der Waals surface area contributed by atoms with Crippen molar-refractivity contribution in [3.8, 4) is 39.1 Å². The Morgan fingerprint density at radius 3 is 1.45 bits per heavy atom. The van der Waals surface area contributed by atoms with Gasteiger partial charge in [0.05, 0.1) is 97.1 Å². The van der Waals surface area contributed by atoms with Crippen molar-refractivity contribution in [2.75, 3.05) is 47.7 Å². The summed E-state index contributed by atoms with van der Waals surface area (Å²) >= 11 is 0. The number of nitrogens with one attached hydrogen (secondary N) is 3. The van der Waals surface area contributed by atoms with Crippen LogP contribution < -0.4 is 25.6 Å². The molecule has 5 saturated carbocycles. The highest BCUT2D eigenvalue weighted by atomic mass is 19.4. The number of aliphatic hydroxyl groups is 3. The van der Waals surface area contributed by atoms with Gasteiger partial charge >= 0.3 is 6.18 Å². The Morgan fingerprint density at radius 2 is 1.00 bits per heavy atom. The number of aliphatic hydroxyl groups excluding tert-OH is 3. The fraction of sp³-hybridized carbons (Fsp3) is 0.506. The van der Waals surface area contributed by atoms with E-state index in [1.807, 2.05) is 72.2 Å². The summed E-state index contributed by atoms with van der Waals surface area (Å²) in [7, 11) is 3.81. The lowest BCUT2D eigenvalue weighted by Gasteiger charge is -2.29. The van der Waals surface area contributed by atoms with E-state index in [0.29, 0.717) is 61.9 Å². The Kier molecular flexibility index (Phi) is 21.5. The summed E-state index contributed by atoms with van der Waals surface area (Å²) in [5, 5.41) is 62.7. The molecule has 0 spiro atoms. The van der Waals surface area contributed by atoms with Gasteiger partial charge in [0.15, 0.2) is 0 Å². The molecule has 5 fully saturated rings. The molecule has 0 bridgehead atoms. The maximum atomic E-state index is 13.0. The van der Waals surface area contributed by atoms with Crippen molar-refractivity contribution in [1.82, 2.24) is 72.9 Å². The van der Waals surface area contributed by atoms with Gasteiger partial charge in [0.25, 0.3) is 0 Å². The van der Waals surface area contributed by atoms with Crippen LogP contribution in [0.3, 0.4) is 0 Å². The van der Waals surface area contributed by atoms with Gasteiger partial charge in [0.1, 0.15) is 24.2 Å². The Morgan fingerprint density at radius 1 is 0.538 bits per heavy atom. The second-order valence-corrected chi connectivity index (χ2v) is 30.2. The molecular weight excluding hydrogens is 1350 g/mol. The van der Waals surface area contributed by atoms with E-state index in [-0.39, 0.29) is 42.3 Å². The number of pyridine rings is 1. The first-order valence-electron chi connectivity index (χ1n) is 38.1. The SMILES string of the molecule is CC(COc1ccccc1)Nc1ncc2c(-c3cnn(C4CCC4)c3)cc(C3CCC(O)CC3)n2n1.COC[C@H](C)Nc1ncc2c(-c3ccnc(N4CCc5ccn(C)c5C4)c3)cc(C3CCC(O)CC3)n2n1.C[C@@H](Nc1ncc2c(-c3cnn(C4CCC4)c3)cc(C3CCC(O)CC3)n2n1)C(F)(F)F. The number of halogens is 3. The summed E-state index contributed by atoms with van der Waals surface area (Å²) in [4.78, 5) is 20.6. The molecule has 10 aromatic heterocycles. The molecule has 1 aliphatic heterocycles. The van der Waals surface area contributed by atoms with Crippen molar-refractivity contribution in [1.29, 1.82) is 0 Å². The molecule has 27 heteroatoms. The molecule has 106 heavy (non-hydrogen) atoms. The highest BCUT2D eigenvalue weighted by Crippen LogP contribution is 2.43. The average Bonchev–Trinajstić information content (AvgIpc) is 1.62. The van der Waals surface area contributed by atoms with E-state index in [1.54, 1.807) is 17.8 Å². The van der Waals surface area contributed by atoms with Crippen molar-refractivity contribution in [3.05, 3.63) is 151 Å². The van der Waals surface area contributed by atoms with E-state index in [9.17, 15) is 28.5 Å². The van der Waals surface area contributed by atoms with E-state index in [4.69, 9.17) is 24.7 Å². The second kappa shape index (κ2) is 31.6. The standard InChI is InChI=1S/C29H37N7O2.C28H34N6O2.C22H27F3N6O/c1-19(18-38-3)32-29-31-16-26-24(15-25(36(26)33-29)20-4-6-23(37)7-5-20)22-8-11-30-28(14-22)35-13-10-21-9-12-34(2)27(21)17-35;1-19(18-36-24-8-3-2-4-9-24)31-28-29-16-27-25(21-15-30-33(17-21)22-6-5-7-22)14-26(34(27)32-28)20-10-12-23(35)13-11-20;1-13(22(23,24)25)28-21-26-11-20-18(15-10-27-30(12-15)16-3-2-4-16)9-19(31(20)29-21)14-5-7-17(32)8-6-14/h8-9,11-12,14-16,19-20,23,37H,4-7,10,13,17-18H2,1-3H3,(H,32,33);2-4,8-9,14-17,19-20,22-23,35H,5-7,10-13,18H2,1H3,(H,31,32);9-14,16-17,32H,2-8H2,1H3,(H,28,29)/t19-,20?,23?;;13-,14?,17?/m0.1/s1. The molecule has 1 aromatic carbocycles. The largest absolute Gasteiger partial charge is 0.491 e. The van der Waals surface area contributed by atoms with Gasteiger partial charge < -0.3 is 50.2 Å². The van der Waals surface area contributed by atoms with Crippen LogP contribution in [0, 0.1) is 0 Å². The molecule has 24 nitrogen and oxygen atoms in total. The normalized spacial score (nSPS) is 21.6. The van der Waals surface area contributed by atoms with Gasteiger partial charge in [-0.1, -0.05) is 18.2 Å². The fourth-order valence-corrected chi connectivity index (χ4v) is 15.9. The van der Waals surface area contributed by atoms with Crippen molar-refractivity contribution in [2.24, 2.45) is 7.05 Å². The van der Waals surface area contributed by atoms with Crippen LogP contribution in [0.1, 0.15) is 195 Å². The number of aromatic nitrogens is 15. The van der Waals surface area contributed by atoms with E-state index < -0.39 is 12.2 Å². The number of hydrogen-bond acceptors (Lipinski definition) is 18. The number of anilines is 4. The zero-order valence-electron chi connectivity index (χ0n) is 61.1. The number of nitrogens with zero attached hydrogens (tertiary/aromatic N) is 16. The van der Waals surface area contributed by atoms with Crippen LogP contribution in [-0.4, -0.2) is 158 Å². The monoisotopic (exact) mass is 1450 g/mol. The van der Waals surface area contributed by atoms with E-state index >= 15 is 0 Å². The first-order valence-corrected chi connectivity index (χ1v) is 38.1. The van der Waals surface area contributed by atoms with E-state index in [1.165, 1.54) is 48.3 Å². The Labute approximate surface area is 614 Å². The van der Waals surface area contributed by atoms with Crippen LogP contribution >= 0.6 is 0 Å². The lowest BCUT2D eigenvalue weighted by atomic mass is 9.85. The molecule has 3 atom stereocenters. The average molecular weight is 1450 g/mol. The maximum Gasteiger partial charge on any atom is 0.408 e. The molecule has 6 N–H and O–H groups in total. The van der Waals surface area contributed by atoms with Crippen molar-refractivity contribution < 1.29 is 38.0 Å². The van der Waals surface area contributed by atoms with Gasteiger partial charge in [-0.25, -0.2) is 33.5 Å². The predicted molar refractivity (Wildman–Crippen MR) is 401 cm³/mol. The lowest BCUT2D eigenvalue weighted by Crippen LogP contribution is -2.34. The molecule has 11 heterocycles. The van der Waals surface area contributed by atoms with Crippen LogP contribution in [-0.2, 0) is 24.8 Å². The molecule has 0 amide bonds. The topological polar surface area (TPSA) is 263 Å². The smallest absolute Gasteiger partial charge is 0.408 e. The van der Waals surface area contributed by atoms with Crippen molar-refractivity contribution >= 4 is 40.2 Å².